The van der Waals surface area contributed by atoms with Crippen molar-refractivity contribution in [2.45, 2.75) is 32.1 Å². The normalized spacial score (nSPS) is 26.2. The molecule has 1 aromatic rings. The van der Waals surface area contributed by atoms with Crippen LogP contribution >= 0.6 is 0 Å². The Morgan fingerprint density at radius 2 is 2.04 bits per heavy atom. The Hall–Kier alpha value is -3.14. The van der Waals surface area contributed by atoms with E-state index in [-0.39, 0.29) is 46.0 Å². The average Bonchev–Trinajstić information content (AvgIpc) is 2.79. The molecule has 1 atom stereocenters. The number of anilines is 1. The highest BCUT2D eigenvalue weighted by molar-refractivity contribution is 6.19. The van der Waals surface area contributed by atoms with Gasteiger partial charge in [-0.2, -0.15) is 5.26 Å². The number of allylic oxidation sites excluding steroid dienone is 1. The molecule has 1 spiro atoms. The fraction of sp³-hybridized carbons (Fsp3) is 0.316. The Labute approximate surface area is 149 Å². The van der Waals surface area contributed by atoms with Crippen molar-refractivity contribution >= 4 is 17.4 Å². The van der Waals surface area contributed by atoms with E-state index in [1.54, 1.807) is 0 Å². The van der Waals surface area contributed by atoms with Gasteiger partial charge in [0.1, 0.15) is 28.6 Å². The van der Waals surface area contributed by atoms with Gasteiger partial charge in [-0.25, -0.2) is 4.39 Å². The van der Waals surface area contributed by atoms with Gasteiger partial charge < -0.3 is 15.8 Å². The molecule has 132 valence electrons. The van der Waals surface area contributed by atoms with Crippen LogP contribution in [0.25, 0.3) is 0 Å². The number of carbonyl (C=O) groups excluding carboxylic acids is 2. The lowest BCUT2D eigenvalue weighted by atomic mass is 9.62. The number of fused-ring (bicyclic) bond motifs is 3. The van der Waals surface area contributed by atoms with Crippen LogP contribution in [0.5, 0.6) is 0 Å². The predicted molar refractivity (Wildman–Crippen MR) is 89.7 cm³/mol. The number of hydrogen-bond acceptors (Lipinski definition) is 5. The fourth-order valence-electron chi connectivity index (χ4n) is 4.17. The van der Waals surface area contributed by atoms with Crippen LogP contribution in [0.15, 0.2) is 41.0 Å². The molecule has 2 aliphatic heterocycles. The topological polar surface area (TPSA) is 105 Å². The van der Waals surface area contributed by atoms with Crippen molar-refractivity contribution in [3.63, 3.8) is 0 Å². The Kier molecular flexibility index (Phi) is 3.11. The lowest BCUT2D eigenvalue weighted by Crippen LogP contribution is -2.48. The summed E-state index contributed by atoms with van der Waals surface area (Å²) in [7, 11) is 0. The number of ether oxygens (including phenoxy) is 1. The summed E-state index contributed by atoms with van der Waals surface area (Å²) in [5.41, 5.74) is 4.28. The van der Waals surface area contributed by atoms with Gasteiger partial charge in [-0.3, -0.25) is 9.59 Å². The summed E-state index contributed by atoms with van der Waals surface area (Å²) in [5, 5.41) is 12.4. The number of benzene rings is 1. The van der Waals surface area contributed by atoms with E-state index in [0.29, 0.717) is 12.1 Å². The van der Waals surface area contributed by atoms with Crippen LogP contribution in [0.3, 0.4) is 0 Å². The number of amides is 1. The van der Waals surface area contributed by atoms with Crippen LogP contribution in [0.4, 0.5) is 10.1 Å². The number of nitrogens with one attached hydrogen (secondary N) is 1. The summed E-state index contributed by atoms with van der Waals surface area (Å²) in [6.07, 6.45) is 0.570. The second-order valence-electron chi connectivity index (χ2n) is 7.59. The third-order valence-electron chi connectivity index (χ3n) is 5.15. The molecule has 4 rings (SSSR count). The van der Waals surface area contributed by atoms with Gasteiger partial charge in [0.15, 0.2) is 5.78 Å². The predicted octanol–water partition coefficient (Wildman–Crippen LogP) is 2.38. The molecule has 3 N–H and O–H groups in total. The summed E-state index contributed by atoms with van der Waals surface area (Å²) in [6.45, 7) is 3.82. The van der Waals surface area contributed by atoms with Crippen LogP contribution < -0.4 is 11.1 Å². The molecular weight excluding hydrogens is 337 g/mol. The lowest BCUT2D eigenvalue weighted by Gasteiger charge is -2.41. The van der Waals surface area contributed by atoms with E-state index in [0.717, 1.165) is 0 Å². The first kappa shape index (κ1) is 16.3. The number of ketones is 1. The van der Waals surface area contributed by atoms with Gasteiger partial charge in [0, 0.05) is 24.1 Å². The molecule has 0 bridgehead atoms. The largest absolute Gasteiger partial charge is 0.444 e. The van der Waals surface area contributed by atoms with Gasteiger partial charge in [0.25, 0.3) is 0 Å². The van der Waals surface area contributed by atoms with Crippen molar-refractivity contribution in [3.8, 4) is 6.07 Å². The molecule has 0 radical (unpaired) electrons. The molecule has 2 heterocycles. The van der Waals surface area contributed by atoms with E-state index in [1.807, 2.05) is 19.9 Å². The maximum Gasteiger partial charge on any atom is 0.245 e. The molecule has 7 heteroatoms. The molecular formula is C19H16FN3O3. The van der Waals surface area contributed by atoms with Crippen LogP contribution in [-0.2, 0) is 19.7 Å². The van der Waals surface area contributed by atoms with Gasteiger partial charge in [-0.05, 0) is 23.6 Å². The molecule has 1 aliphatic carbocycles. The van der Waals surface area contributed by atoms with E-state index in [9.17, 15) is 19.2 Å². The van der Waals surface area contributed by atoms with E-state index >= 15 is 0 Å². The summed E-state index contributed by atoms with van der Waals surface area (Å²) in [4.78, 5) is 26.1. The van der Waals surface area contributed by atoms with E-state index < -0.39 is 17.1 Å². The summed E-state index contributed by atoms with van der Waals surface area (Å²) < 4.78 is 19.6. The maximum absolute atomic E-state index is 14.0. The second kappa shape index (κ2) is 4.94. The minimum atomic E-state index is -1.77. The van der Waals surface area contributed by atoms with Gasteiger partial charge >= 0.3 is 0 Å². The van der Waals surface area contributed by atoms with Crippen molar-refractivity contribution in [1.29, 1.82) is 5.26 Å². The number of rotatable bonds is 0. The molecule has 26 heavy (non-hydrogen) atoms. The highest BCUT2D eigenvalue weighted by Gasteiger charge is 2.61. The van der Waals surface area contributed by atoms with Crippen molar-refractivity contribution < 1.29 is 18.7 Å². The SMILES string of the molecule is CC1(C)CC(=O)C2=C(C1)OC(N)=C(C#N)C21C(=O)Nc2ccc(F)cc21. The first-order valence-electron chi connectivity index (χ1n) is 8.17. The first-order valence-corrected chi connectivity index (χ1v) is 8.17. The van der Waals surface area contributed by atoms with Gasteiger partial charge in [0.05, 0.1) is 5.57 Å². The van der Waals surface area contributed by atoms with Crippen molar-refractivity contribution in [1.82, 2.24) is 0 Å². The zero-order valence-corrected chi connectivity index (χ0v) is 14.3. The monoisotopic (exact) mass is 353 g/mol. The Balaban J connectivity index is 2.10. The summed E-state index contributed by atoms with van der Waals surface area (Å²) >= 11 is 0. The molecule has 0 fully saturated rings. The maximum atomic E-state index is 14.0. The number of nitrogens with two attached hydrogens (primary N) is 1. The Morgan fingerprint density at radius 3 is 2.73 bits per heavy atom. The average molecular weight is 353 g/mol. The smallest absolute Gasteiger partial charge is 0.245 e. The van der Waals surface area contributed by atoms with Crippen molar-refractivity contribution in [2.75, 3.05) is 5.32 Å². The molecule has 1 unspecified atom stereocenters. The van der Waals surface area contributed by atoms with Gasteiger partial charge in [-0.1, -0.05) is 13.8 Å². The standard InChI is InChI=1S/C19H16FN3O3/c1-18(2)6-13(24)15-14(7-18)26-16(22)11(8-21)19(15)10-5-9(20)3-4-12(10)23-17(19)25/h3-5H,6-7,22H2,1-2H3,(H,23,25). The Bertz CT molecular complexity index is 1000. The van der Waals surface area contributed by atoms with Crippen LogP contribution in [0, 0.1) is 22.6 Å². The number of Topliss-reactive ketones (excluding diaryl/α,β-unsaturated/α-hetero) is 1. The summed E-state index contributed by atoms with van der Waals surface area (Å²) in [5.74, 6) is -1.43. The van der Waals surface area contributed by atoms with Crippen LogP contribution in [-0.4, -0.2) is 11.7 Å². The van der Waals surface area contributed by atoms with Crippen LogP contribution in [0.1, 0.15) is 32.3 Å². The second-order valence-corrected chi connectivity index (χ2v) is 7.59. The molecule has 0 saturated carbocycles. The molecule has 3 aliphatic rings. The number of hydrogen-bond donors (Lipinski definition) is 2. The summed E-state index contributed by atoms with van der Waals surface area (Å²) in [6, 6.07) is 5.70. The highest BCUT2D eigenvalue weighted by atomic mass is 19.1. The van der Waals surface area contributed by atoms with Crippen LogP contribution in [0.2, 0.25) is 0 Å². The molecule has 1 aromatic carbocycles. The molecule has 6 nitrogen and oxygen atoms in total. The quantitative estimate of drug-likeness (QED) is 0.745. The lowest BCUT2D eigenvalue weighted by molar-refractivity contribution is -0.124. The minimum absolute atomic E-state index is 0.0874. The third kappa shape index (κ3) is 1.90. The van der Waals surface area contributed by atoms with Crippen molar-refractivity contribution in [3.05, 3.63) is 52.4 Å². The zero-order chi connectivity index (χ0) is 18.9. The zero-order valence-electron chi connectivity index (χ0n) is 14.3. The number of carbonyl (C=O) groups is 2. The highest BCUT2D eigenvalue weighted by Crippen LogP contribution is 2.55. The molecule has 1 amide bonds. The number of halogens is 1. The van der Waals surface area contributed by atoms with Gasteiger partial charge in [-0.15, -0.1) is 0 Å². The van der Waals surface area contributed by atoms with Crippen molar-refractivity contribution in [2.24, 2.45) is 11.1 Å². The molecule has 0 saturated heterocycles. The van der Waals surface area contributed by atoms with E-state index in [2.05, 4.69) is 5.32 Å². The van der Waals surface area contributed by atoms with E-state index in [1.165, 1.54) is 18.2 Å². The molecule has 0 aromatic heterocycles. The van der Waals surface area contributed by atoms with Gasteiger partial charge in [0.2, 0.25) is 11.8 Å². The number of nitrogens with zero attached hydrogens (tertiary/aromatic N) is 1. The first-order chi connectivity index (χ1) is 12.2. The van der Waals surface area contributed by atoms with E-state index in [4.69, 9.17) is 10.5 Å². The fourth-order valence-corrected chi connectivity index (χ4v) is 4.17. The third-order valence-corrected chi connectivity index (χ3v) is 5.15. The number of nitriles is 1. The Morgan fingerprint density at radius 1 is 1.31 bits per heavy atom. The minimum Gasteiger partial charge on any atom is -0.444 e.